The van der Waals surface area contributed by atoms with Crippen LogP contribution in [0.3, 0.4) is 0 Å². The first-order chi connectivity index (χ1) is 12.8. The van der Waals surface area contributed by atoms with E-state index in [9.17, 15) is 26.0 Å². The van der Waals surface area contributed by atoms with Crippen molar-refractivity contribution in [3.05, 3.63) is 59.4 Å². The number of sulfonamides is 1. The molecule has 3 rings (SSSR count). The van der Waals surface area contributed by atoms with Crippen molar-refractivity contribution in [1.29, 1.82) is 0 Å². The predicted molar refractivity (Wildman–Crippen MR) is 97.7 cm³/mol. The fourth-order valence-electron chi connectivity index (χ4n) is 3.73. The van der Waals surface area contributed by atoms with Crippen LogP contribution in [-0.4, -0.2) is 15.0 Å². The van der Waals surface area contributed by atoms with Crippen molar-refractivity contribution >= 4 is 15.7 Å². The lowest BCUT2D eigenvalue weighted by Crippen LogP contribution is -2.12. The van der Waals surface area contributed by atoms with Crippen molar-refractivity contribution < 1.29 is 26.0 Å². The molecule has 0 spiro atoms. The number of halogens is 4. The Morgan fingerprint density at radius 2 is 1.71 bits per heavy atom. The van der Waals surface area contributed by atoms with Gasteiger partial charge >= 0.3 is 6.18 Å². The molecule has 1 aliphatic rings. The zero-order chi connectivity index (χ0) is 20.9. The van der Waals surface area contributed by atoms with Crippen molar-refractivity contribution in [2.45, 2.75) is 30.8 Å². The number of rotatable bonds is 5. The summed E-state index contributed by atoms with van der Waals surface area (Å²) in [5, 5.41) is 8.05. The maximum Gasteiger partial charge on any atom is 0.419 e. The third-order valence-corrected chi connectivity index (χ3v) is 6.35. The third kappa shape index (κ3) is 4.00. The highest BCUT2D eigenvalue weighted by molar-refractivity contribution is 7.89. The van der Waals surface area contributed by atoms with Crippen LogP contribution in [0.5, 0.6) is 0 Å². The summed E-state index contributed by atoms with van der Waals surface area (Å²) in [4.78, 5) is 0.0235. The van der Waals surface area contributed by atoms with Crippen molar-refractivity contribution in [1.82, 2.24) is 0 Å². The summed E-state index contributed by atoms with van der Waals surface area (Å²) in [6, 6.07) is 9.12. The van der Waals surface area contributed by atoms with Crippen molar-refractivity contribution in [2.75, 3.05) is 11.9 Å². The van der Waals surface area contributed by atoms with Gasteiger partial charge in [-0.1, -0.05) is 26.0 Å². The molecule has 1 saturated carbocycles. The first kappa shape index (κ1) is 20.6. The lowest BCUT2D eigenvalue weighted by Gasteiger charge is -2.12. The molecule has 1 unspecified atom stereocenters. The van der Waals surface area contributed by atoms with Gasteiger partial charge in [-0.3, -0.25) is 0 Å². The number of nitrogens with two attached hydrogens (primary N) is 1. The van der Waals surface area contributed by atoms with E-state index in [1.165, 1.54) is 18.2 Å². The van der Waals surface area contributed by atoms with Crippen molar-refractivity contribution in [3.8, 4) is 0 Å². The van der Waals surface area contributed by atoms with E-state index in [4.69, 9.17) is 5.14 Å². The molecule has 1 aliphatic carbocycles. The Kier molecular flexibility index (Phi) is 4.95. The maximum atomic E-state index is 13.4. The van der Waals surface area contributed by atoms with Crippen LogP contribution in [0.25, 0.3) is 0 Å². The molecule has 0 aliphatic heterocycles. The van der Waals surface area contributed by atoms with E-state index in [0.29, 0.717) is 6.54 Å². The molecule has 1 fully saturated rings. The van der Waals surface area contributed by atoms with Gasteiger partial charge in [0.05, 0.1) is 10.5 Å². The van der Waals surface area contributed by atoms with Gasteiger partial charge in [-0.15, -0.1) is 0 Å². The monoisotopic (exact) mass is 416 g/mol. The topological polar surface area (TPSA) is 72.2 Å². The SMILES string of the molecule is CC1(C)C(CNc2ccc(F)c(C(F)(F)F)c2)[C@H]1c1ccc(S(N)(=O)=O)cc1. The number of alkyl halides is 3. The average Bonchev–Trinajstić information content (AvgIpc) is 3.13. The summed E-state index contributed by atoms with van der Waals surface area (Å²) in [6.07, 6.45) is -4.76. The second-order valence-electron chi connectivity index (χ2n) is 7.59. The Hall–Kier alpha value is -2.13. The molecular formula is C19H20F4N2O2S. The van der Waals surface area contributed by atoms with Gasteiger partial charge in [-0.05, 0) is 53.1 Å². The number of hydrogen-bond acceptors (Lipinski definition) is 3. The quantitative estimate of drug-likeness (QED) is 0.712. The normalized spacial score (nSPS) is 21.4. The van der Waals surface area contributed by atoms with E-state index in [1.54, 1.807) is 12.1 Å². The largest absolute Gasteiger partial charge is 0.419 e. The summed E-state index contributed by atoms with van der Waals surface area (Å²) in [6.45, 7) is 4.46. The third-order valence-electron chi connectivity index (χ3n) is 5.42. The highest BCUT2D eigenvalue weighted by atomic mass is 32.2. The first-order valence-electron chi connectivity index (χ1n) is 8.55. The molecule has 9 heteroatoms. The van der Waals surface area contributed by atoms with Crippen LogP contribution >= 0.6 is 0 Å². The molecule has 0 bridgehead atoms. The zero-order valence-corrected chi connectivity index (χ0v) is 16.0. The number of benzene rings is 2. The minimum atomic E-state index is -4.76. The first-order valence-corrected chi connectivity index (χ1v) is 10.1. The summed E-state index contributed by atoms with van der Waals surface area (Å²) < 4.78 is 74.7. The molecule has 4 nitrogen and oxygen atoms in total. The van der Waals surface area contributed by atoms with Gasteiger partial charge in [0, 0.05) is 12.2 Å². The molecule has 3 N–H and O–H groups in total. The number of anilines is 1. The van der Waals surface area contributed by atoms with E-state index in [-0.39, 0.29) is 27.8 Å². The fraction of sp³-hybridized carbons (Fsp3) is 0.368. The number of nitrogens with one attached hydrogen (secondary N) is 1. The summed E-state index contributed by atoms with van der Waals surface area (Å²) in [5.74, 6) is -1.08. The minimum Gasteiger partial charge on any atom is -0.385 e. The molecule has 2 aromatic carbocycles. The van der Waals surface area contributed by atoms with Crippen molar-refractivity contribution in [3.63, 3.8) is 0 Å². The van der Waals surface area contributed by atoms with Crippen LogP contribution in [0.2, 0.25) is 0 Å². The Morgan fingerprint density at radius 3 is 2.25 bits per heavy atom. The molecule has 2 aromatic rings. The van der Waals surface area contributed by atoms with E-state index in [2.05, 4.69) is 5.32 Å². The zero-order valence-electron chi connectivity index (χ0n) is 15.2. The molecule has 0 amide bonds. The summed E-state index contributed by atoms with van der Waals surface area (Å²) in [5.41, 5.74) is -0.301. The lowest BCUT2D eigenvalue weighted by atomic mass is 10.0. The average molecular weight is 416 g/mol. The van der Waals surface area contributed by atoms with Gasteiger partial charge in [0.25, 0.3) is 0 Å². The van der Waals surface area contributed by atoms with E-state index in [1.807, 2.05) is 13.8 Å². The fourth-order valence-corrected chi connectivity index (χ4v) is 4.25. The van der Waals surface area contributed by atoms with Crippen LogP contribution in [0.4, 0.5) is 23.2 Å². The lowest BCUT2D eigenvalue weighted by molar-refractivity contribution is -0.139. The smallest absolute Gasteiger partial charge is 0.385 e. The van der Waals surface area contributed by atoms with E-state index < -0.39 is 27.6 Å². The summed E-state index contributed by atoms with van der Waals surface area (Å²) >= 11 is 0. The molecule has 152 valence electrons. The molecular weight excluding hydrogens is 396 g/mol. The standard InChI is InChI=1S/C19H20F4N2O2S/c1-18(2)15(17(18)11-3-6-13(7-4-11)28(24,26)27)10-25-12-5-8-16(20)14(9-12)19(21,22)23/h3-9,15,17,25H,10H2,1-2H3,(H2,24,26,27)/t15?,17-/m1/s1. The number of primary sulfonamides is 1. The van der Waals surface area contributed by atoms with Gasteiger partial charge < -0.3 is 5.32 Å². The Labute approximate surface area is 160 Å². The van der Waals surface area contributed by atoms with Crippen LogP contribution in [0.15, 0.2) is 47.4 Å². The predicted octanol–water partition coefficient (Wildman–Crippen LogP) is 4.34. The molecule has 2 atom stereocenters. The minimum absolute atomic E-state index is 0.0235. The van der Waals surface area contributed by atoms with E-state index >= 15 is 0 Å². The Balaban J connectivity index is 1.72. The van der Waals surface area contributed by atoms with Crippen LogP contribution in [-0.2, 0) is 16.2 Å². The molecule has 28 heavy (non-hydrogen) atoms. The Bertz CT molecular complexity index is 986. The Morgan fingerprint density at radius 1 is 1.11 bits per heavy atom. The van der Waals surface area contributed by atoms with Crippen LogP contribution < -0.4 is 10.5 Å². The molecule has 0 saturated heterocycles. The summed E-state index contributed by atoms with van der Waals surface area (Å²) in [7, 11) is -3.77. The van der Waals surface area contributed by atoms with Crippen LogP contribution in [0, 0.1) is 17.2 Å². The highest BCUT2D eigenvalue weighted by Crippen LogP contribution is 2.64. The molecule has 0 heterocycles. The second-order valence-corrected chi connectivity index (χ2v) is 9.15. The van der Waals surface area contributed by atoms with Gasteiger partial charge in [0.1, 0.15) is 5.82 Å². The van der Waals surface area contributed by atoms with Gasteiger partial charge in [-0.25, -0.2) is 17.9 Å². The molecule has 0 radical (unpaired) electrons. The van der Waals surface area contributed by atoms with Gasteiger partial charge in [0.15, 0.2) is 0 Å². The van der Waals surface area contributed by atoms with Gasteiger partial charge in [-0.2, -0.15) is 13.2 Å². The number of hydrogen-bond donors (Lipinski definition) is 2. The second kappa shape index (κ2) is 6.73. The molecule has 0 aromatic heterocycles. The van der Waals surface area contributed by atoms with E-state index in [0.717, 1.165) is 17.7 Å². The van der Waals surface area contributed by atoms with Gasteiger partial charge in [0.2, 0.25) is 10.0 Å². The van der Waals surface area contributed by atoms with Crippen molar-refractivity contribution in [2.24, 2.45) is 16.5 Å². The van der Waals surface area contributed by atoms with Crippen LogP contribution in [0.1, 0.15) is 30.9 Å². The highest BCUT2D eigenvalue weighted by Gasteiger charge is 2.57. The maximum absolute atomic E-state index is 13.4.